The van der Waals surface area contributed by atoms with Gasteiger partial charge in [-0.15, -0.1) is 0 Å². The Hall–Kier alpha value is -3.07. The predicted octanol–water partition coefficient (Wildman–Crippen LogP) is 3.80. The molecule has 1 N–H and O–H groups in total. The van der Waals surface area contributed by atoms with Crippen molar-refractivity contribution in [2.45, 2.75) is 59.5 Å². The molecule has 2 aromatic carbocycles. The summed E-state index contributed by atoms with van der Waals surface area (Å²) < 4.78 is 31.7. The number of ether oxygens (including phenoxy) is 1. The van der Waals surface area contributed by atoms with Gasteiger partial charge in [0.1, 0.15) is 11.8 Å². The van der Waals surface area contributed by atoms with E-state index in [1.165, 1.54) is 10.6 Å². The minimum atomic E-state index is -3.54. The van der Waals surface area contributed by atoms with Gasteiger partial charge in [-0.3, -0.25) is 13.9 Å². The number of methoxy groups -OCH3 is 1. The fourth-order valence-corrected chi connectivity index (χ4v) is 4.89. The summed E-state index contributed by atoms with van der Waals surface area (Å²) in [5.41, 5.74) is 3.29. The van der Waals surface area contributed by atoms with Crippen molar-refractivity contribution in [3.63, 3.8) is 0 Å². The van der Waals surface area contributed by atoms with Crippen LogP contribution in [-0.4, -0.2) is 57.6 Å². The van der Waals surface area contributed by atoms with Crippen LogP contribution in [0.3, 0.4) is 0 Å². The van der Waals surface area contributed by atoms with Crippen molar-refractivity contribution in [3.05, 3.63) is 59.2 Å². The molecule has 198 valence electrons. The molecular weight excluding hydrogens is 478 g/mol. The summed E-state index contributed by atoms with van der Waals surface area (Å²) in [6.07, 6.45) is 2.40. The van der Waals surface area contributed by atoms with Crippen LogP contribution in [0.1, 0.15) is 49.8 Å². The zero-order chi connectivity index (χ0) is 26.9. The van der Waals surface area contributed by atoms with E-state index in [1.54, 1.807) is 18.9 Å². The zero-order valence-corrected chi connectivity index (χ0v) is 23.0. The van der Waals surface area contributed by atoms with E-state index in [0.717, 1.165) is 23.1 Å². The minimum Gasteiger partial charge on any atom is -0.497 e. The van der Waals surface area contributed by atoms with Gasteiger partial charge in [0.2, 0.25) is 21.8 Å². The van der Waals surface area contributed by atoms with Gasteiger partial charge in [0.25, 0.3) is 0 Å². The zero-order valence-electron chi connectivity index (χ0n) is 22.2. The maximum Gasteiger partial charge on any atom is 0.242 e. The summed E-state index contributed by atoms with van der Waals surface area (Å²) in [7, 11) is -1.95. The van der Waals surface area contributed by atoms with Gasteiger partial charge in [-0.2, -0.15) is 0 Å². The molecule has 0 aromatic heterocycles. The average molecular weight is 518 g/mol. The van der Waals surface area contributed by atoms with E-state index in [-0.39, 0.29) is 31.3 Å². The second kappa shape index (κ2) is 13.3. The number of sulfonamides is 1. The molecule has 0 bridgehead atoms. The number of anilines is 1. The quantitative estimate of drug-likeness (QED) is 0.436. The van der Waals surface area contributed by atoms with Crippen molar-refractivity contribution in [2.75, 3.05) is 30.8 Å². The van der Waals surface area contributed by atoms with Crippen LogP contribution in [0.4, 0.5) is 5.69 Å². The van der Waals surface area contributed by atoms with E-state index in [0.29, 0.717) is 24.4 Å². The summed E-state index contributed by atoms with van der Waals surface area (Å²) in [5.74, 6) is 0.281. The number of carbonyl (C=O) groups excluding carboxylic acids is 2. The maximum atomic E-state index is 13.3. The van der Waals surface area contributed by atoms with Gasteiger partial charge >= 0.3 is 0 Å². The summed E-state index contributed by atoms with van der Waals surface area (Å²) >= 11 is 0. The van der Waals surface area contributed by atoms with Crippen LogP contribution < -0.4 is 14.4 Å². The smallest absolute Gasteiger partial charge is 0.242 e. The lowest BCUT2D eigenvalue weighted by Crippen LogP contribution is -2.47. The first kappa shape index (κ1) is 29.2. The van der Waals surface area contributed by atoms with Crippen LogP contribution in [0.25, 0.3) is 0 Å². The van der Waals surface area contributed by atoms with E-state index >= 15 is 0 Å². The number of aryl methyl sites for hydroxylation is 2. The van der Waals surface area contributed by atoms with Gasteiger partial charge in [-0.05, 0) is 68.5 Å². The lowest BCUT2D eigenvalue weighted by atomic mass is 10.1. The number of hydrogen-bond donors (Lipinski definition) is 1. The molecule has 0 unspecified atom stereocenters. The molecule has 0 heterocycles. The minimum absolute atomic E-state index is 0.110. The first-order chi connectivity index (χ1) is 17.0. The first-order valence-corrected chi connectivity index (χ1v) is 14.1. The molecule has 9 heteroatoms. The van der Waals surface area contributed by atoms with Gasteiger partial charge < -0.3 is 15.0 Å². The number of amides is 2. The molecule has 2 amide bonds. The molecule has 0 saturated heterocycles. The summed E-state index contributed by atoms with van der Waals surface area (Å²) in [6, 6.07) is 12.3. The second-order valence-corrected chi connectivity index (χ2v) is 11.0. The predicted molar refractivity (Wildman–Crippen MR) is 144 cm³/mol. The number of hydrogen-bond acceptors (Lipinski definition) is 5. The molecule has 0 saturated carbocycles. The number of nitrogens with zero attached hydrogens (tertiary/aromatic N) is 2. The average Bonchev–Trinajstić information content (AvgIpc) is 2.84. The maximum absolute atomic E-state index is 13.3. The summed E-state index contributed by atoms with van der Waals surface area (Å²) in [6.45, 7) is 8.42. The molecular formula is C27H39N3O5S. The number of carbonyl (C=O) groups is 2. The van der Waals surface area contributed by atoms with Crippen LogP contribution in [0.5, 0.6) is 5.75 Å². The van der Waals surface area contributed by atoms with Crippen LogP contribution in [0, 0.1) is 13.8 Å². The summed E-state index contributed by atoms with van der Waals surface area (Å²) in [5, 5.41) is 2.86. The van der Waals surface area contributed by atoms with Crippen molar-refractivity contribution < 1.29 is 22.7 Å². The number of rotatable bonds is 13. The monoisotopic (exact) mass is 517 g/mol. The highest BCUT2D eigenvalue weighted by molar-refractivity contribution is 7.92. The highest BCUT2D eigenvalue weighted by Crippen LogP contribution is 2.25. The molecule has 36 heavy (non-hydrogen) atoms. The van der Waals surface area contributed by atoms with Gasteiger partial charge in [-0.25, -0.2) is 8.42 Å². The Balaban J connectivity index is 2.19. The van der Waals surface area contributed by atoms with Gasteiger partial charge in [-0.1, -0.05) is 31.2 Å². The van der Waals surface area contributed by atoms with Crippen molar-refractivity contribution in [2.24, 2.45) is 0 Å². The van der Waals surface area contributed by atoms with Crippen LogP contribution in [-0.2, 0) is 26.2 Å². The third-order valence-electron chi connectivity index (χ3n) is 6.01. The highest BCUT2D eigenvalue weighted by Gasteiger charge is 2.26. The molecule has 0 aliphatic carbocycles. The first-order valence-electron chi connectivity index (χ1n) is 12.2. The standard InChI is InChI=1S/C27H39N3O5S/c1-7-16-28-27(32)22(4)29(19-23-12-14-24(35-5)15-13-23)26(31)9-8-17-30(36(6,33)34)25-18-20(2)10-11-21(25)3/h10-15,18,22H,7-9,16-17,19H2,1-6H3,(H,28,32)/t22-/m1/s1. The second-order valence-electron chi connectivity index (χ2n) is 9.07. The third-order valence-corrected chi connectivity index (χ3v) is 7.19. The topological polar surface area (TPSA) is 96.0 Å². The number of nitrogens with one attached hydrogen (secondary N) is 1. The fourth-order valence-electron chi connectivity index (χ4n) is 3.88. The Kier molecular flexibility index (Phi) is 10.8. The molecule has 0 aliphatic rings. The van der Waals surface area contributed by atoms with Crippen molar-refractivity contribution in [3.8, 4) is 5.75 Å². The molecule has 2 rings (SSSR count). The highest BCUT2D eigenvalue weighted by atomic mass is 32.2. The molecule has 8 nitrogen and oxygen atoms in total. The number of benzene rings is 2. The normalized spacial score (nSPS) is 12.1. The molecule has 2 aromatic rings. The Morgan fingerprint density at radius 2 is 1.75 bits per heavy atom. The van der Waals surface area contributed by atoms with Crippen LogP contribution in [0.2, 0.25) is 0 Å². The van der Waals surface area contributed by atoms with E-state index in [1.807, 2.05) is 63.2 Å². The SMILES string of the molecule is CCCNC(=O)[C@@H](C)N(Cc1ccc(OC)cc1)C(=O)CCCN(c1cc(C)ccc1C)S(C)(=O)=O. The van der Waals surface area contributed by atoms with Crippen LogP contribution >= 0.6 is 0 Å². The largest absolute Gasteiger partial charge is 0.497 e. The Labute approximate surface area is 215 Å². The Morgan fingerprint density at radius 1 is 1.08 bits per heavy atom. The molecule has 1 atom stereocenters. The van der Waals surface area contributed by atoms with Crippen molar-refractivity contribution in [1.29, 1.82) is 0 Å². The molecule has 0 spiro atoms. The van der Waals surface area contributed by atoms with Crippen molar-refractivity contribution >= 4 is 27.5 Å². The van der Waals surface area contributed by atoms with Gasteiger partial charge in [0.15, 0.2) is 0 Å². The van der Waals surface area contributed by atoms with E-state index in [9.17, 15) is 18.0 Å². The fraction of sp³-hybridized carbons (Fsp3) is 0.481. The molecule has 0 aliphatic heterocycles. The van der Waals surface area contributed by atoms with E-state index in [4.69, 9.17) is 4.74 Å². The van der Waals surface area contributed by atoms with Crippen molar-refractivity contribution in [1.82, 2.24) is 10.2 Å². The van der Waals surface area contributed by atoms with Gasteiger partial charge in [0, 0.05) is 26.1 Å². The lowest BCUT2D eigenvalue weighted by molar-refractivity contribution is -0.140. The van der Waals surface area contributed by atoms with Crippen LogP contribution in [0.15, 0.2) is 42.5 Å². The van der Waals surface area contributed by atoms with E-state index < -0.39 is 16.1 Å². The molecule has 0 radical (unpaired) electrons. The Bertz CT molecular complexity index is 1130. The third kappa shape index (κ3) is 8.26. The Morgan fingerprint density at radius 3 is 2.33 bits per heavy atom. The van der Waals surface area contributed by atoms with Gasteiger partial charge in [0.05, 0.1) is 19.1 Å². The van der Waals surface area contributed by atoms with E-state index in [2.05, 4.69) is 5.32 Å². The summed E-state index contributed by atoms with van der Waals surface area (Å²) in [4.78, 5) is 27.6. The molecule has 0 fully saturated rings. The lowest BCUT2D eigenvalue weighted by Gasteiger charge is -2.29.